The maximum atomic E-state index is 12.3. The molecule has 0 aliphatic heterocycles. The minimum absolute atomic E-state index is 0.103. The highest BCUT2D eigenvalue weighted by Gasteiger charge is 2.07. The number of fused-ring (bicyclic) bond motifs is 2. The number of hydrogen-bond donors (Lipinski definition) is 1. The second kappa shape index (κ2) is 6.87. The number of aromatic nitrogens is 5. The van der Waals surface area contributed by atoms with Gasteiger partial charge in [0.15, 0.2) is 5.65 Å². The molecule has 7 nitrogen and oxygen atoms in total. The zero-order valence-electron chi connectivity index (χ0n) is 14.4. The van der Waals surface area contributed by atoms with Gasteiger partial charge in [-0.25, -0.2) is 9.50 Å². The van der Waals surface area contributed by atoms with Crippen molar-refractivity contribution in [2.24, 2.45) is 0 Å². The molecule has 0 bridgehead atoms. The molecule has 1 N–H and O–H groups in total. The van der Waals surface area contributed by atoms with E-state index in [0.29, 0.717) is 17.6 Å². The van der Waals surface area contributed by atoms with Gasteiger partial charge < -0.3 is 5.32 Å². The molecule has 0 spiro atoms. The molecule has 7 heteroatoms. The number of nitrogens with one attached hydrogen (secondary N) is 1. The molecule has 4 rings (SSSR count). The van der Waals surface area contributed by atoms with Crippen LogP contribution in [0.3, 0.4) is 0 Å². The van der Waals surface area contributed by atoms with Crippen molar-refractivity contribution in [3.8, 4) is 0 Å². The average Bonchev–Trinajstić information content (AvgIpc) is 3.04. The van der Waals surface area contributed by atoms with Gasteiger partial charge >= 0.3 is 0 Å². The van der Waals surface area contributed by atoms with Gasteiger partial charge in [0.1, 0.15) is 0 Å². The Hall–Kier alpha value is -3.35. The molecule has 0 aliphatic rings. The lowest BCUT2D eigenvalue weighted by atomic mass is 10.1. The van der Waals surface area contributed by atoms with Crippen LogP contribution in [0.25, 0.3) is 16.7 Å². The van der Waals surface area contributed by atoms with Crippen molar-refractivity contribution < 1.29 is 4.79 Å². The fourth-order valence-electron chi connectivity index (χ4n) is 2.86. The van der Waals surface area contributed by atoms with Crippen LogP contribution in [0.1, 0.15) is 28.0 Å². The van der Waals surface area contributed by atoms with Crippen molar-refractivity contribution in [1.29, 1.82) is 0 Å². The third-order valence-electron chi connectivity index (χ3n) is 4.15. The average molecular weight is 346 g/mol. The molecule has 3 aromatic heterocycles. The Balaban J connectivity index is 1.33. The van der Waals surface area contributed by atoms with Crippen LogP contribution in [-0.2, 0) is 6.42 Å². The second-order valence-electron chi connectivity index (χ2n) is 6.17. The van der Waals surface area contributed by atoms with Gasteiger partial charge in [-0.2, -0.15) is 5.10 Å². The van der Waals surface area contributed by atoms with E-state index in [1.165, 1.54) is 0 Å². The van der Waals surface area contributed by atoms with Gasteiger partial charge in [-0.1, -0.05) is 0 Å². The van der Waals surface area contributed by atoms with Crippen molar-refractivity contribution >= 4 is 22.6 Å². The molecular weight excluding hydrogens is 328 g/mol. The Labute approximate surface area is 150 Å². The molecule has 4 aromatic rings. The van der Waals surface area contributed by atoms with Gasteiger partial charge in [0.25, 0.3) is 5.91 Å². The fourth-order valence-corrected chi connectivity index (χ4v) is 2.86. The van der Waals surface area contributed by atoms with Crippen LogP contribution in [0.2, 0.25) is 0 Å². The van der Waals surface area contributed by atoms with E-state index in [0.717, 1.165) is 35.3 Å². The summed E-state index contributed by atoms with van der Waals surface area (Å²) in [6.07, 6.45) is 8.76. The summed E-state index contributed by atoms with van der Waals surface area (Å²) in [4.78, 5) is 25.1. The molecule has 3 heterocycles. The first kappa shape index (κ1) is 16.1. The van der Waals surface area contributed by atoms with E-state index >= 15 is 0 Å². The number of carbonyl (C=O) groups excluding carboxylic acids is 1. The van der Waals surface area contributed by atoms with Crippen molar-refractivity contribution in [2.45, 2.75) is 19.8 Å². The van der Waals surface area contributed by atoms with E-state index in [-0.39, 0.29) is 5.91 Å². The highest BCUT2D eigenvalue weighted by molar-refractivity contribution is 5.97. The Morgan fingerprint density at radius 3 is 2.85 bits per heavy atom. The number of carbonyl (C=O) groups is 1. The zero-order chi connectivity index (χ0) is 17.9. The molecule has 0 aliphatic carbocycles. The normalized spacial score (nSPS) is 11.1. The summed E-state index contributed by atoms with van der Waals surface area (Å²) >= 11 is 0. The van der Waals surface area contributed by atoms with E-state index in [4.69, 9.17) is 0 Å². The molecule has 0 fully saturated rings. The van der Waals surface area contributed by atoms with E-state index in [2.05, 4.69) is 25.4 Å². The Morgan fingerprint density at radius 2 is 1.96 bits per heavy atom. The summed E-state index contributed by atoms with van der Waals surface area (Å²) in [7, 11) is 0. The molecular formula is C19H18N6O. The van der Waals surface area contributed by atoms with Crippen LogP contribution in [0.4, 0.5) is 0 Å². The lowest BCUT2D eigenvalue weighted by Gasteiger charge is -2.06. The summed E-state index contributed by atoms with van der Waals surface area (Å²) in [5, 5.41) is 7.31. The Kier molecular flexibility index (Phi) is 4.27. The van der Waals surface area contributed by atoms with Crippen LogP contribution < -0.4 is 5.32 Å². The second-order valence-corrected chi connectivity index (χ2v) is 6.17. The van der Waals surface area contributed by atoms with Crippen molar-refractivity contribution in [1.82, 2.24) is 29.9 Å². The van der Waals surface area contributed by atoms with Crippen molar-refractivity contribution in [3.63, 3.8) is 0 Å². The number of aryl methyl sites for hydroxylation is 2. The van der Waals surface area contributed by atoms with Gasteiger partial charge in [-0.05, 0) is 43.5 Å². The lowest BCUT2D eigenvalue weighted by molar-refractivity contribution is 0.0953. The molecule has 1 amide bonds. The Bertz CT molecular complexity index is 1090. The third-order valence-corrected chi connectivity index (χ3v) is 4.15. The Morgan fingerprint density at radius 1 is 1.12 bits per heavy atom. The molecule has 130 valence electrons. The largest absolute Gasteiger partial charge is 0.352 e. The number of hydrogen-bond acceptors (Lipinski definition) is 5. The third kappa shape index (κ3) is 3.37. The predicted molar refractivity (Wildman–Crippen MR) is 97.9 cm³/mol. The van der Waals surface area contributed by atoms with Crippen LogP contribution in [-0.4, -0.2) is 37.0 Å². The summed E-state index contributed by atoms with van der Waals surface area (Å²) in [6.45, 7) is 2.54. The molecule has 26 heavy (non-hydrogen) atoms. The standard InChI is InChI=1S/C19H18N6O/c1-13-9-18-23-11-14(12-25(18)24-13)3-2-6-22-19(26)15-4-5-16-17(10-15)21-8-7-20-16/h4-5,7-12H,2-3,6H2,1H3,(H,22,26). The van der Waals surface area contributed by atoms with E-state index < -0.39 is 0 Å². The molecule has 0 unspecified atom stereocenters. The molecule has 0 radical (unpaired) electrons. The van der Waals surface area contributed by atoms with Crippen LogP contribution in [0.5, 0.6) is 0 Å². The van der Waals surface area contributed by atoms with E-state index in [1.807, 2.05) is 31.5 Å². The molecule has 0 atom stereocenters. The summed E-state index contributed by atoms with van der Waals surface area (Å²) in [5.41, 5.74) is 4.97. The van der Waals surface area contributed by atoms with Crippen LogP contribution in [0, 0.1) is 6.92 Å². The first-order valence-corrected chi connectivity index (χ1v) is 8.49. The van der Waals surface area contributed by atoms with Crippen LogP contribution in [0.15, 0.2) is 49.1 Å². The van der Waals surface area contributed by atoms with Gasteiger partial charge in [0, 0.05) is 43.0 Å². The number of nitrogens with zero attached hydrogens (tertiary/aromatic N) is 5. The quantitative estimate of drug-likeness (QED) is 0.561. The number of benzene rings is 1. The molecule has 0 saturated carbocycles. The maximum absolute atomic E-state index is 12.3. The lowest BCUT2D eigenvalue weighted by Crippen LogP contribution is -2.24. The van der Waals surface area contributed by atoms with Crippen molar-refractivity contribution in [2.75, 3.05) is 6.54 Å². The highest BCUT2D eigenvalue weighted by Crippen LogP contribution is 2.11. The smallest absolute Gasteiger partial charge is 0.251 e. The maximum Gasteiger partial charge on any atom is 0.251 e. The van der Waals surface area contributed by atoms with Crippen molar-refractivity contribution in [3.05, 3.63) is 65.9 Å². The first-order chi connectivity index (χ1) is 12.7. The summed E-state index contributed by atoms with van der Waals surface area (Å²) < 4.78 is 1.79. The molecule has 0 saturated heterocycles. The van der Waals surface area contributed by atoms with Gasteiger partial charge in [0.05, 0.1) is 16.7 Å². The predicted octanol–water partition coefficient (Wildman–Crippen LogP) is 2.34. The number of amides is 1. The zero-order valence-corrected chi connectivity index (χ0v) is 14.4. The first-order valence-electron chi connectivity index (χ1n) is 8.49. The fraction of sp³-hybridized carbons (Fsp3) is 0.211. The van der Waals surface area contributed by atoms with Gasteiger partial charge in [-0.15, -0.1) is 0 Å². The summed E-state index contributed by atoms with van der Waals surface area (Å²) in [5.74, 6) is -0.103. The van der Waals surface area contributed by atoms with Gasteiger partial charge in [-0.3, -0.25) is 14.8 Å². The van der Waals surface area contributed by atoms with E-state index in [9.17, 15) is 4.79 Å². The minimum atomic E-state index is -0.103. The van der Waals surface area contributed by atoms with E-state index in [1.54, 1.807) is 29.0 Å². The topological polar surface area (TPSA) is 85.1 Å². The SMILES string of the molecule is Cc1cc2ncc(CCCNC(=O)c3ccc4nccnc4c3)cn2n1. The molecule has 1 aromatic carbocycles. The number of rotatable bonds is 5. The monoisotopic (exact) mass is 346 g/mol. The minimum Gasteiger partial charge on any atom is -0.352 e. The summed E-state index contributed by atoms with van der Waals surface area (Å²) in [6, 6.07) is 7.28. The van der Waals surface area contributed by atoms with Gasteiger partial charge in [0.2, 0.25) is 0 Å². The highest BCUT2D eigenvalue weighted by atomic mass is 16.1. The van der Waals surface area contributed by atoms with Crippen LogP contribution >= 0.6 is 0 Å².